The molecule has 0 aliphatic carbocycles. The summed E-state index contributed by atoms with van der Waals surface area (Å²) in [5.41, 5.74) is 3.74. The zero-order valence-electron chi connectivity index (χ0n) is 13.9. The molecule has 1 atom stereocenters. The second kappa shape index (κ2) is 5.97. The Labute approximate surface area is 150 Å². The molecular weight excluding hydrogens is 332 g/mol. The van der Waals surface area contributed by atoms with E-state index in [1.807, 2.05) is 6.07 Å². The third kappa shape index (κ3) is 2.65. The number of thiophene rings is 1. The van der Waals surface area contributed by atoms with Gasteiger partial charge in [0, 0.05) is 18.0 Å². The zero-order chi connectivity index (χ0) is 16.8. The summed E-state index contributed by atoms with van der Waals surface area (Å²) in [6.45, 7) is 3.32. The number of carbonyl (C=O) groups is 1. The number of nitrogens with zero attached hydrogens (tertiary/aromatic N) is 2. The molecule has 3 saturated heterocycles. The molecule has 2 N–H and O–H groups in total. The minimum atomic E-state index is -0.0618. The van der Waals surface area contributed by atoms with E-state index in [9.17, 15) is 4.79 Å². The van der Waals surface area contributed by atoms with Gasteiger partial charge >= 0.3 is 0 Å². The van der Waals surface area contributed by atoms with Gasteiger partial charge in [0.25, 0.3) is 5.91 Å². The van der Waals surface area contributed by atoms with Crippen molar-refractivity contribution >= 4 is 28.1 Å². The fourth-order valence-electron chi connectivity index (χ4n) is 4.17. The van der Waals surface area contributed by atoms with Gasteiger partial charge in [-0.2, -0.15) is 16.4 Å². The lowest BCUT2D eigenvalue weighted by atomic mass is 9.84. The first-order valence-corrected chi connectivity index (χ1v) is 9.76. The van der Waals surface area contributed by atoms with E-state index < -0.39 is 0 Å². The quantitative estimate of drug-likeness (QED) is 0.761. The van der Waals surface area contributed by atoms with E-state index in [4.69, 9.17) is 0 Å². The van der Waals surface area contributed by atoms with Crippen LogP contribution in [0.3, 0.4) is 0 Å². The van der Waals surface area contributed by atoms with Gasteiger partial charge in [-0.1, -0.05) is 6.07 Å². The van der Waals surface area contributed by atoms with Gasteiger partial charge in [0.1, 0.15) is 0 Å². The normalized spacial score (nSPS) is 25.4. The van der Waals surface area contributed by atoms with Gasteiger partial charge in [0.15, 0.2) is 5.69 Å². The van der Waals surface area contributed by atoms with Crippen LogP contribution in [0.25, 0.3) is 22.0 Å². The topological polar surface area (TPSA) is 61.0 Å². The van der Waals surface area contributed by atoms with Crippen LogP contribution in [0.4, 0.5) is 0 Å². The number of carbonyl (C=O) groups excluding carboxylic acids is 1. The summed E-state index contributed by atoms with van der Waals surface area (Å²) in [7, 11) is 0. The molecule has 2 aromatic heterocycles. The highest BCUT2D eigenvalue weighted by atomic mass is 32.1. The number of amides is 1. The summed E-state index contributed by atoms with van der Waals surface area (Å²) < 4.78 is 0. The predicted molar refractivity (Wildman–Crippen MR) is 99.8 cm³/mol. The maximum Gasteiger partial charge on any atom is 0.272 e. The molecule has 128 valence electrons. The number of hydrogen-bond donors (Lipinski definition) is 2. The fraction of sp³-hybridized carbons (Fsp3) is 0.368. The van der Waals surface area contributed by atoms with Gasteiger partial charge in [-0.25, -0.2) is 0 Å². The van der Waals surface area contributed by atoms with Crippen molar-refractivity contribution in [2.75, 3.05) is 19.6 Å². The molecule has 1 aromatic carbocycles. The molecule has 3 fully saturated rings. The summed E-state index contributed by atoms with van der Waals surface area (Å²) in [4.78, 5) is 15.2. The van der Waals surface area contributed by atoms with Crippen LogP contribution in [0, 0.1) is 5.92 Å². The number of piperidine rings is 3. The van der Waals surface area contributed by atoms with E-state index in [1.54, 1.807) is 11.3 Å². The molecule has 2 bridgehead atoms. The molecule has 0 spiro atoms. The first-order valence-electron chi connectivity index (χ1n) is 8.82. The van der Waals surface area contributed by atoms with Crippen LogP contribution < -0.4 is 5.32 Å². The number of fused-ring (bicyclic) bond motifs is 4. The Morgan fingerprint density at radius 2 is 2.12 bits per heavy atom. The van der Waals surface area contributed by atoms with Crippen LogP contribution in [-0.2, 0) is 0 Å². The lowest BCUT2D eigenvalue weighted by Gasteiger charge is -2.44. The Morgan fingerprint density at radius 3 is 2.84 bits per heavy atom. The van der Waals surface area contributed by atoms with Crippen LogP contribution in [0.1, 0.15) is 23.3 Å². The molecule has 6 heteroatoms. The number of rotatable bonds is 3. The second-order valence-corrected chi connectivity index (χ2v) is 7.84. The minimum absolute atomic E-state index is 0.0618. The number of H-pyrrole nitrogens is 1. The molecule has 0 radical (unpaired) electrons. The molecule has 25 heavy (non-hydrogen) atoms. The average Bonchev–Trinajstić information content (AvgIpc) is 3.32. The van der Waals surface area contributed by atoms with Gasteiger partial charge in [0.05, 0.1) is 5.52 Å². The van der Waals surface area contributed by atoms with Crippen molar-refractivity contribution in [2.45, 2.75) is 18.9 Å². The van der Waals surface area contributed by atoms with E-state index in [1.165, 1.54) is 31.5 Å². The largest absolute Gasteiger partial charge is 0.346 e. The van der Waals surface area contributed by atoms with E-state index in [0.29, 0.717) is 11.6 Å². The molecular formula is C19H20N4OS. The van der Waals surface area contributed by atoms with Gasteiger partial charge in [0.2, 0.25) is 0 Å². The van der Waals surface area contributed by atoms with Gasteiger partial charge in [-0.15, -0.1) is 0 Å². The monoisotopic (exact) mass is 352 g/mol. The van der Waals surface area contributed by atoms with E-state index in [0.717, 1.165) is 23.0 Å². The molecule has 3 aliphatic rings. The summed E-state index contributed by atoms with van der Waals surface area (Å²) in [6, 6.07) is 8.48. The van der Waals surface area contributed by atoms with Crippen molar-refractivity contribution in [2.24, 2.45) is 5.92 Å². The Hall–Kier alpha value is -2.18. The molecule has 5 heterocycles. The highest BCUT2D eigenvalue weighted by Gasteiger charge is 2.35. The van der Waals surface area contributed by atoms with Crippen molar-refractivity contribution in [3.05, 3.63) is 40.7 Å². The Bertz CT molecular complexity index is 909. The Morgan fingerprint density at radius 1 is 1.24 bits per heavy atom. The third-order valence-corrected chi connectivity index (χ3v) is 6.29. The molecule has 5 nitrogen and oxygen atoms in total. The summed E-state index contributed by atoms with van der Waals surface area (Å²) in [5, 5.41) is 15.6. The first-order chi connectivity index (χ1) is 12.3. The van der Waals surface area contributed by atoms with Crippen LogP contribution in [0.15, 0.2) is 35.0 Å². The highest BCUT2D eigenvalue weighted by molar-refractivity contribution is 7.08. The van der Waals surface area contributed by atoms with Crippen molar-refractivity contribution in [3.63, 3.8) is 0 Å². The maximum absolute atomic E-state index is 12.8. The maximum atomic E-state index is 12.8. The van der Waals surface area contributed by atoms with Crippen molar-refractivity contribution < 1.29 is 4.79 Å². The van der Waals surface area contributed by atoms with Crippen molar-refractivity contribution in [1.82, 2.24) is 20.4 Å². The summed E-state index contributed by atoms with van der Waals surface area (Å²) in [6.07, 6.45) is 2.38. The lowest BCUT2D eigenvalue weighted by Crippen LogP contribution is -2.57. The van der Waals surface area contributed by atoms with Crippen LogP contribution in [0.2, 0.25) is 0 Å². The number of hydrogen-bond acceptors (Lipinski definition) is 4. The standard InChI is InChI=1S/C19H20N4OS/c24-19(20-17-10-23-6-3-12(17)4-7-23)18-15-2-1-13(9-16(15)21-22-18)14-5-8-25-11-14/h1-2,5,8-9,11-12,17H,3-4,6-7,10H2,(H,20,24)(H,21,22). The summed E-state index contributed by atoms with van der Waals surface area (Å²) >= 11 is 1.68. The van der Waals surface area contributed by atoms with E-state index in [2.05, 4.69) is 49.4 Å². The van der Waals surface area contributed by atoms with E-state index >= 15 is 0 Å². The third-order valence-electron chi connectivity index (χ3n) is 5.61. The Balaban J connectivity index is 1.40. The number of aromatic nitrogens is 2. The first kappa shape index (κ1) is 15.1. The van der Waals surface area contributed by atoms with Crippen molar-refractivity contribution in [1.29, 1.82) is 0 Å². The van der Waals surface area contributed by atoms with Crippen LogP contribution >= 0.6 is 11.3 Å². The average molecular weight is 352 g/mol. The van der Waals surface area contributed by atoms with E-state index in [-0.39, 0.29) is 11.9 Å². The van der Waals surface area contributed by atoms with Crippen LogP contribution in [0.5, 0.6) is 0 Å². The lowest BCUT2D eigenvalue weighted by molar-refractivity contribution is 0.0618. The molecule has 1 amide bonds. The number of nitrogens with one attached hydrogen (secondary N) is 2. The zero-order valence-corrected chi connectivity index (χ0v) is 14.7. The van der Waals surface area contributed by atoms with Crippen molar-refractivity contribution in [3.8, 4) is 11.1 Å². The minimum Gasteiger partial charge on any atom is -0.346 e. The molecule has 0 saturated carbocycles. The van der Waals surface area contributed by atoms with Gasteiger partial charge in [-0.3, -0.25) is 9.89 Å². The van der Waals surface area contributed by atoms with Gasteiger partial charge in [-0.05, 0) is 71.9 Å². The second-order valence-electron chi connectivity index (χ2n) is 7.06. The van der Waals surface area contributed by atoms with Crippen LogP contribution in [-0.4, -0.2) is 46.7 Å². The number of aromatic amines is 1. The Kier molecular flexibility index (Phi) is 3.60. The molecule has 6 rings (SSSR count). The molecule has 3 aliphatic heterocycles. The molecule has 3 aromatic rings. The predicted octanol–water partition coefficient (Wildman–Crippen LogP) is 3.12. The van der Waals surface area contributed by atoms with Gasteiger partial charge < -0.3 is 10.2 Å². The number of benzene rings is 1. The molecule has 1 unspecified atom stereocenters. The highest BCUT2D eigenvalue weighted by Crippen LogP contribution is 2.29. The SMILES string of the molecule is O=C(NC1CN2CCC1CC2)c1n[nH]c2cc(-c3ccsc3)ccc12. The fourth-order valence-corrected chi connectivity index (χ4v) is 4.83. The smallest absolute Gasteiger partial charge is 0.272 e. The summed E-state index contributed by atoms with van der Waals surface area (Å²) in [5.74, 6) is 0.553.